The summed E-state index contributed by atoms with van der Waals surface area (Å²) in [5, 5.41) is 10.2. The van der Waals surface area contributed by atoms with Gasteiger partial charge in [-0.15, -0.1) is 0 Å². The van der Waals surface area contributed by atoms with Crippen LogP contribution in [-0.4, -0.2) is 33.3 Å². The van der Waals surface area contributed by atoms with Gasteiger partial charge < -0.3 is 10.0 Å². The molecule has 2 saturated heterocycles. The Kier molecular flexibility index (Phi) is 3.00. The lowest BCUT2D eigenvalue weighted by Crippen LogP contribution is -2.45. The molecule has 17 heavy (non-hydrogen) atoms. The Bertz CT molecular complexity index is 431. The van der Waals surface area contributed by atoms with Gasteiger partial charge in [0.2, 0.25) is 0 Å². The Balaban J connectivity index is 1.97. The molecule has 2 bridgehead atoms. The van der Waals surface area contributed by atoms with Gasteiger partial charge in [0.15, 0.2) is 0 Å². The van der Waals surface area contributed by atoms with Gasteiger partial charge in [0.25, 0.3) is 0 Å². The second kappa shape index (κ2) is 4.37. The lowest BCUT2D eigenvalue weighted by molar-refractivity contribution is 0.126. The Morgan fingerprint density at radius 2 is 1.94 bits per heavy atom. The number of aromatic nitrogens is 2. The molecule has 0 amide bonds. The fourth-order valence-electron chi connectivity index (χ4n) is 3.01. The van der Waals surface area contributed by atoms with Gasteiger partial charge >= 0.3 is 0 Å². The van der Waals surface area contributed by atoms with E-state index in [4.69, 9.17) is 11.6 Å². The molecule has 3 rings (SSSR count). The maximum absolute atomic E-state index is 9.78. The van der Waals surface area contributed by atoms with Crippen LogP contribution < -0.4 is 4.90 Å². The van der Waals surface area contributed by atoms with Crippen molar-refractivity contribution in [2.75, 3.05) is 4.90 Å². The molecule has 2 atom stereocenters. The van der Waals surface area contributed by atoms with Gasteiger partial charge in [-0.05, 0) is 41.6 Å². The quantitative estimate of drug-likeness (QED) is 0.808. The summed E-state index contributed by atoms with van der Waals surface area (Å²) in [4.78, 5) is 10.6. The molecule has 0 saturated carbocycles. The van der Waals surface area contributed by atoms with Gasteiger partial charge in [-0.25, -0.2) is 9.97 Å². The van der Waals surface area contributed by atoms with E-state index in [1.807, 2.05) is 0 Å². The van der Waals surface area contributed by atoms with Crippen molar-refractivity contribution >= 4 is 33.3 Å². The zero-order chi connectivity index (χ0) is 12.0. The third kappa shape index (κ3) is 1.94. The summed E-state index contributed by atoms with van der Waals surface area (Å²) in [7, 11) is 0. The summed E-state index contributed by atoms with van der Waals surface area (Å²) in [5.41, 5.74) is 0. The molecule has 1 aromatic rings. The molecule has 6 heteroatoms. The van der Waals surface area contributed by atoms with E-state index in [2.05, 4.69) is 30.8 Å². The zero-order valence-electron chi connectivity index (χ0n) is 9.18. The molecule has 0 spiro atoms. The van der Waals surface area contributed by atoms with Gasteiger partial charge in [-0.2, -0.15) is 0 Å². The Labute approximate surface area is 113 Å². The van der Waals surface area contributed by atoms with E-state index in [0.29, 0.717) is 17.2 Å². The number of rotatable bonds is 1. The summed E-state index contributed by atoms with van der Waals surface area (Å²) in [6, 6.07) is 0.761. The minimum absolute atomic E-state index is 0.167. The molecule has 3 heterocycles. The first-order chi connectivity index (χ1) is 8.16. The molecule has 1 aromatic heterocycles. The molecule has 4 nitrogen and oxygen atoms in total. The van der Waals surface area contributed by atoms with Crippen LogP contribution in [0.5, 0.6) is 0 Å². The van der Waals surface area contributed by atoms with Gasteiger partial charge in [0.1, 0.15) is 17.3 Å². The molecule has 1 N–H and O–H groups in total. The minimum Gasteiger partial charge on any atom is -0.393 e. The molecule has 0 aromatic carbocycles. The Morgan fingerprint density at radius 1 is 1.29 bits per heavy atom. The maximum Gasteiger partial charge on any atom is 0.148 e. The predicted octanol–water partition coefficient (Wildman–Crippen LogP) is 2.38. The van der Waals surface area contributed by atoms with Crippen LogP contribution >= 0.6 is 27.5 Å². The van der Waals surface area contributed by atoms with Crippen LogP contribution in [0.2, 0.25) is 5.15 Å². The number of fused-ring (bicyclic) bond motifs is 2. The van der Waals surface area contributed by atoms with Crippen LogP contribution in [0.1, 0.15) is 25.7 Å². The fraction of sp³-hybridized carbons (Fsp3) is 0.636. The smallest absolute Gasteiger partial charge is 0.148 e. The molecule has 2 aliphatic rings. The first-order valence-electron chi connectivity index (χ1n) is 5.79. The van der Waals surface area contributed by atoms with Gasteiger partial charge in [0.05, 0.1) is 10.6 Å². The monoisotopic (exact) mass is 317 g/mol. The van der Waals surface area contributed by atoms with Crippen molar-refractivity contribution in [3.8, 4) is 0 Å². The van der Waals surface area contributed by atoms with Gasteiger partial charge in [0, 0.05) is 12.1 Å². The highest BCUT2D eigenvalue weighted by atomic mass is 79.9. The highest BCUT2D eigenvalue weighted by molar-refractivity contribution is 9.10. The second-order valence-corrected chi connectivity index (χ2v) is 5.87. The van der Waals surface area contributed by atoms with Crippen molar-refractivity contribution in [3.63, 3.8) is 0 Å². The van der Waals surface area contributed by atoms with Crippen molar-refractivity contribution in [3.05, 3.63) is 16.0 Å². The SMILES string of the molecule is OC1CC2CCC(C1)N2c1ncnc(Cl)c1Br. The van der Waals surface area contributed by atoms with Crippen molar-refractivity contribution in [2.24, 2.45) is 0 Å². The number of nitrogens with zero attached hydrogens (tertiary/aromatic N) is 3. The molecule has 0 aliphatic carbocycles. The van der Waals surface area contributed by atoms with Gasteiger partial charge in [-0.3, -0.25) is 0 Å². The van der Waals surface area contributed by atoms with Crippen molar-refractivity contribution in [1.82, 2.24) is 9.97 Å². The molecular formula is C11H13BrClN3O. The molecule has 2 fully saturated rings. The summed E-state index contributed by atoms with van der Waals surface area (Å²) in [6.07, 6.45) is 5.22. The van der Waals surface area contributed by atoms with E-state index >= 15 is 0 Å². The first kappa shape index (κ1) is 11.7. The zero-order valence-corrected chi connectivity index (χ0v) is 11.5. The van der Waals surface area contributed by atoms with Crippen LogP contribution in [0.15, 0.2) is 10.8 Å². The number of hydrogen-bond acceptors (Lipinski definition) is 4. The normalized spacial score (nSPS) is 31.9. The van der Waals surface area contributed by atoms with Crippen LogP contribution in [-0.2, 0) is 0 Å². The van der Waals surface area contributed by atoms with Crippen molar-refractivity contribution in [1.29, 1.82) is 0 Å². The Morgan fingerprint density at radius 3 is 2.59 bits per heavy atom. The number of anilines is 1. The number of piperidine rings is 1. The van der Waals surface area contributed by atoms with E-state index in [1.165, 1.54) is 6.33 Å². The highest BCUT2D eigenvalue weighted by Gasteiger charge is 2.41. The van der Waals surface area contributed by atoms with Gasteiger partial charge in [-0.1, -0.05) is 11.6 Å². The summed E-state index contributed by atoms with van der Waals surface area (Å²) in [6.45, 7) is 0. The predicted molar refractivity (Wildman–Crippen MR) is 69.3 cm³/mol. The van der Waals surface area contributed by atoms with Crippen LogP contribution in [0.3, 0.4) is 0 Å². The lowest BCUT2D eigenvalue weighted by atomic mass is 10.00. The van der Waals surface area contributed by atoms with E-state index in [0.717, 1.165) is 36.0 Å². The summed E-state index contributed by atoms with van der Waals surface area (Å²) in [5.74, 6) is 0.865. The summed E-state index contributed by atoms with van der Waals surface area (Å²) < 4.78 is 0.759. The Hall–Kier alpha value is -0.390. The molecule has 0 radical (unpaired) electrons. The number of aliphatic hydroxyl groups is 1. The van der Waals surface area contributed by atoms with Crippen molar-refractivity contribution in [2.45, 2.75) is 43.9 Å². The van der Waals surface area contributed by atoms with E-state index in [-0.39, 0.29) is 6.10 Å². The fourth-order valence-corrected chi connectivity index (χ4v) is 3.55. The molecule has 2 unspecified atom stereocenters. The van der Waals surface area contributed by atoms with E-state index in [9.17, 15) is 5.11 Å². The third-order valence-electron chi connectivity index (χ3n) is 3.68. The largest absolute Gasteiger partial charge is 0.393 e. The van der Waals surface area contributed by atoms with Crippen LogP contribution in [0, 0.1) is 0 Å². The van der Waals surface area contributed by atoms with E-state index < -0.39 is 0 Å². The van der Waals surface area contributed by atoms with Crippen molar-refractivity contribution < 1.29 is 5.11 Å². The average molecular weight is 319 g/mol. The summed E-state index contributed by atoms with van der Waals surface area (Å²) >= 11 is 9.46. The minimum atomic E-state index is -0.167. The standard InChI is InChI=1S/C11H13BrClN3O/c12-9-10(13)14-5-15-11(9)16-6-1-2-7(16)4-8(17)3-6/h5-8,17H,1-4H2. The second-order valence-electron chi connectivity index (χ2n) is 4.72. The van der Waals surface area contributed by atoms with E-state index in [1.54, 1.807) is 0 Å². The first-order valence-corrected chi connectivity index (χ1v) is 6.96. The number of hydrogen-bond donors (Lipinski definition) is 1. The van der Waals surface area contributed by atoms with Crippen LogP contribution in [0.4, 0.5) is 5.82 Å². The third-order valence-corrected chi connectivity index (χ3v) is 4.93. The maximum atomic E-state index is 9.78. The number of halogens is 2. The lowest BCUT2D eigenvalue weighted by Gasteiger charge is -2.38. The topological polar surface area (TPSA) is 49.2 Å². The molecule has 92 valence electrons. The highest BCUT2D eigenvalue weighted by Crippen LogP contribution is 2.42. The molecular weight excluding hydrogens is 305 g/mol. The average Bonchev–Trinajstić information content (AvgIpc) is 2.55. The number of aliphatic hydroxyl groups excluding tert-OH is 1. The molecule has 2 aliphatic heterocycles. The van der Waals surface area contributed by atoms with Crippen LogP contribution in [0.25, 0.3) is 0 Å².